The van der Waals surface area contributed by atoms with Gasteiger partial charge in [0.25, 0.3) is 0 Å². The first-order valence-electron chi connectivity index (χ1n) is 7.51. The second-order valence-corrected chi connectivity index (χ2v) is 5.69. The van der Waals surface area contributed by atoms with E-state index in [4.69, 9.17) is 10.5 Å². The third-order valence-corrected chi connectivity index (χ3v) is 3.53. The zero-order valence-corrected chi connectivity index (χ0v) is 14.3. The third kappa shape index (κ3) is 5.34. The fourth-order valence-electron chi connectivity index (χ4n) is 2.27. The Labute approximate surface area is 130 Å². The number of nitrogens with two attached hydrogens (primary N) is 1. The van der Waals surface area contributed by atoms with E-state index in [1.165, 1.54) is 16.7 Å². The molecule has 3 heteroatoms. The van der Waals surface area contributed by atoms with E-state index in [1.54, 1.807) is 0 Å². The molecule has 1 rings (SSSR count). The molecule has 2 nitrogen and oxygen atoms in total. The summed E-state index contributed by atoms with van der Waals surface area (Å²) >= 11 is 0. The van der Waals surface area contributed by atoms with Gasteiger partial charge in [-0.3, -0.25) is 0 Å². The van der Waals surface area contributed by atoms with Gasteiger partial charge in [-0.05, 0) is 54.9 Å². The molecule has 116 valence electrons. The molecule has 0 aromatic heterocycles. The van der Waals surface area contributed by atoms with Crippen molar-refractivity contribution in [3.05, 3.63) is 28.8 Å². The summed E-state index contributed by atoms with van der Waals surface area (Å²) in [7, 11) is 0. The number of rotatable bonds is 7. The van der Waals surface area contributed by atoms with Gasteiger partial charge in [-0.2, -0.15) is 0 Å². The van der Waals surface area contributed by atoms with Gasteiger partial charge in [-0.1, -0.05) is 33.8 Å². The van der Waals surface area contributed by atoms with Gasteiger partial charge < -0.3 is 10.5 Å². The normalized spacial score (nSPS) is 12.2. The van der Waals surface area contributed by atoms with Crippen LogP contribution in [0.5, 0.6) is 5.75 Å². The van der Waals surface area contributed by atoms with Gasteiger partial charge in [-0.15, -0.1) is 12.4 Å². The molecule has 0 amide bonds. The Morgan fingerprint density at radius 1 is 1.20 bits per heavy atom. The van der Waals surface area contributed by atoms with Gasteiger partial charge in [-0.25, -0.2) is 0 Å². The molecule has 0 radical (unpaired) electrons. The molecule has 0 aliphatic carbocycles. The van der Waals surface area contributed by atoms with E-state index in [0.717, 1.165) is 31.6 Å². The van der Waals surface area contributed by atoms with E-state index >= 15 is 0 Å². The van der Waals surface area contributed by atoms with Crippen LogP contribution in [0.1, 0.15) is 63.1 Å². The minimum Gasteiger partial charge on any atom is -0.493 e. The van der Waals surface area contributed by atoms with Crippen LogP contribution >= 0.6 is 12.4 Å². The Morgan fingerprint density at radius 2 is 1.85 bits per heavy atom. The predicted molar refractivity (Wildman–Crippen MR) is 90.3 cm³/mol. The van der Waals surface area contributed by atoms with Crippen molar-refractivity contribution in [1.82, 2.24) is 0 Å². The monoisotopic (exact) mass is 299 g/mol. The second-order valence-electron chi connectivity index (χ2n) is 5.69. The Kier molecular flexibility index (Phi) is 8.91. The van der Waals surface area contributed by atoms with Crippen LogP contribution in [0.25, 0.3) is 0 Å². The number of ether oxygens (including phenoxy) is 1. The van der Waals surface area contributed by atoms with Crippen molar-refractivity contribution in [3.8, 4) is 5.75 Å². The SMILES string of the molecule is CCCOc1cc(C(C)C)c(CC(N)CC)cc1C.Cl. The maximum atomic E-state index is 6.11. The largest absolute Gasteiger partial charge is 0.493 e. The number of hydrogen-bond acceptors (Lipinski definition) is 2. The summed E-state index contributed by atoms with van der Waals surface area (Å²) < 4.78 is 5.83. The van der Waals surface area contributed by atoms with Crippen LogP contribution in [0.2, 0.25) is 0 Å². The zero-order chi connectivity index (χ0) is 14.4. The summed E-state index contributed by atoms with van der Waals surface area (Å²) in [5.74, 6) is 1.53. The average Bonchev–Trinajstić information content (AvgIpc) is 2.37. The minimum absolute atomic E-state index is 0. The summed E-state index contributed by atoms with van der Waals surface area (Å²) in [6.45, 7) is 11.6. The first-order chi connectivity index (χ1) is 8.99. The van der Waals surface area contributed by atoms with Crippen molar-refractivity contribution in [2.45, 2.75) is 65.8 Å². The first-order valence-corrected chi connectivity index (χ1v) is 7.51. The van der Waals surface area contributed by atoms with Gasteiger partial charge >= 0.3 is 0 Å². The van der Waals surface area contributed by atoms with Crippen molar-refractivity contribution >= 4 is 12.4 Å². The van der Waals surface area contributed by atoms with Crippen LogP contribution in [0, 0.1) is 6.92 Å². The smallest absolute Gasteiger partial charge is 0.122 e. The van der Waals surface area contributed by atoms with Crippen molar-refractivity contribution < 1.29 is 4.74 Å². The van der Waals surface area contributed by atoms with Gasteiger partial charge in [0.1, 0.15) is 5.75 Å². The highest BCUT2D eigenvalue weighted by atomic mass is 35.5. The Morgan fingerprint density at radius 3 is 2.35 bits per heavy atom. The highest BCUT2D eigenvalue weighted by molar-refractivity contribution is 5.85. The maximum Gasteiger partial charge on any atom is 0.122 e. The molecule has 20 heavy (non-hydrogen) atoms. The average molecular weight is 300 g/mol. The molecule has 1 aromatic carbocycles. The van der Waals surface area contributed by atoms with Gasteiger partial charge in [0.15, 0.2) is 0 Å². The van der Waals surface area contributed by atoms with E-state index < -0.39 is 0 Å². The quantitative estimate of drug-likeness (QED) is 0.798. The summed E-state index contributed by atoms with van der Waals surface area (Å²) in [6.07, 6.45) is 3.02. The van der Waals surface area contributed by atoms with Crippen molar-refractivity contribution in [1.29, 1.82) is 0 Å². The lowest BCUT2D eigenvalue weighted by molar-refractivity contribution is 0.314. The molecule has 0 bridgehead atoms. The van der Waals surface area contributed by atoms with Crippen molar-refractivity contribution in [2.24, 2.45) is 5.73 Å². The molecule has 1 aromatic rings. The zero-order valence-electron chi connectivity index (χ0n) is 13.5. The highest BCUT2D eigenvalue weighted by Crippen LogP contribution is 2.29. The molecule has 0 aliphatic heterocycles. The van der Waals surface area contributed by atoms with E-state index in [1.807, 2.05) is 0 Å². The van der Waals surface area contributed by atoms with Crippen LogP contribution in [-0.4, -0.2) is 12.6 Å². The lowest BCUT2D eigenvalue weighted by Crippen LogP contribution is -2.22. The molecule has 0 heterocycles. The van der Waals surface area contributed by atoms with Crippen LogP contribution in [-0.2, 0) is 6.42 Å². The van der Waals surface area contributed by atoms with E-state index in [2.05, 4.69) is 46.8 Å². The van der Waals surface area contributed by atoms with Gasteiger partial charge in [0.2, 0.25) is 0 Å². The lowest BCUT2D eigenvalue weighted by atomic mass is 9.91. The topological polar surface area (TPSA) is 35.2 Å². The highest BCUT2D eigenvalue weighted by Gasteiger charge is 2.13. The molecule has 1 atom stereocenters. The van der Waals surface area contributed by atoms with Gasteiger partial charge in [0, 0.05) is 6.04 Å². The molecule has 0 fully saturated rings. The standard InChI is InChI=1S/C17H29NO.ClH/c1-6-8-19-17-11-16(12(3)4)14(9-13(17)5)10-15(18)7-2;/h9,11-12,15H,6-8,10,18H2,1-5H3;1H. The predicted octanol–water partition coefficient (Wildman–Crippen LogP) is 4.61. The van der Waals surface area contributed by atoms with E-state index in [9.17, 15) is 0 Å². The number of hydrogen-bond donors (Lipinski definition) is 1. The maximum absolute atomic E-state index is 6.11. The summed E-state index contributed by atoms with van der Waals surface area (Å²) in [4.78, 5) is 0. The number of halogens is 1. The Hall–Kier alpha value is -0.730. The van der Waals surface area contributed by atoms with Gasteiger partial charge in [0.05, 0.1) is 6.61 Å². The Balaban J connectivity index is 0.00000361. The number of benzene rings is 1. The molecule has 2 N–H and O–H groups in total. The van der Waals surface area contributed by atoms with Crippen LogP contribution < -0.4 is 10.5 Å². The summed E-state index contributed by atoms with van der Waals surface area (Å²) in [6, 6.07) is 4.72. The van der Waals surface area contributed by atoms with E-state index in [0.29, 0.717) is 5.92 Å². The lowest BCUT2D eigenvalue weighted by Gasteiger charge is -2.19. The minimum atomic E-state index is 0. The summed E-state index contributed by atoms with van der Waals surface area (Å²) in [5.41, 5.74) is 10.1. The van der Waals surface area contributed by atoms with Crippen molar-refractivity contribution in [3.63, 3.8) is 0 Å². The van der Waals surface area contributed by atoms with Crippen LogP contribution in [0.15, 0.2) is 12.1 Å². The van der Waals surface area contributed by atoms with E-state index in [-0.39, 0.29) is 18.4 Å². The molecular formula is C17H30ClNO. The van der Waals surface area contributed by atoms with Crippen molar-refractivity contribution in [2.75, 3.05) is 6.61 Å². The van der Waals surface area contributed by atoms with Crippen LogP contribution in [0.4, 0.5) is 0 Å². The Bertz CT molecular complexity index is 404. The fourth-order valence-corrected chi connectivity index (χ4v) is 2.27. The molecular weight excluding hydrogens is 270 g/mol. The molecule has 0 spiro atoms. The molecule has 1 unspecified atom stereocenters. The molecule has 0 saturated heterocycles. The molecule has 0 saturated carbocycles. The summed E-state index contributed by atoms with van der Waals surface area (Å²) in [5, 5.41) is 0. The first kappa shape index (κ1) is 19.3. The fraction of sp³-hybridized carbons (Fsp3) is 0.647. The number of aryl methyl sites for hydroxylation is 1. The third-order valence-electron chi connectivity index (χ3n) is 3.53. The second kappa shape index (κ2) is 9.25. The molecule has 0 aliphatic rings. The van der Waals surface area contributed by atoms with Crippen LogP contribution in [0.3, 0.4) is 0 Å².